The van der Waals surface area contributed by atoms with Crippen LogP contribution in [0.15, 0.2) is 18.3 Å². The minimum Gasteiger partial charge on any atom is -0.261 e. The highest BCUT2D eigenvalue weighted by atomic mass is 14.7. The lowest BCUT2D eigenvalue weighted by Gasteiger charge is -2.03. The number of rotatable bonds is 2. The van der Waals surface area contributed by atoms with E-state index >= 15 is 0 Å². The van der Waals surface area contributed by atoms with Gasteiger partial charge in [-0.05, 0) is 37.0 Å². The number of hydrogen-bond donors (Lipinski definition) is 0. The van der Waals surface area contributed by atoms with Crippen molar-refractivity contribution in [2.24, 2.45) is 5.92 Å². The second-order valence-corrected chi connectivity index (χ2v) is 3.42. The van der Waals surface area contributed by atoms with Crippen molar-refractivity contribution < 1.29 is 0 Å². The van der Waals surface area contributed by atoms with Crippen molar-refractivity contribution in [3.05, 3.63) is 29.6 Å². The predicted molar refractivity (Wildman–Crippen MR) is 47.5 cm³/mol. The van der Waals surface area contributed by atoms with Gasteiger partial charge in [0.15, 0.2) is 0 Å². The molecule has 1 heterocycles. The Balaban J connectivity index is 2.71. The SMILES string of the molecule is Cc1ccnc(CC(C)C)c1. The maximum atomic E-state index is 4.28. The number of nitrogens with zero attached hydrogens (tertiary/aromatic N) is 1. The zero-order chi connectivity index (χ0) is 8.27. The molecule has 0 saturated heterocycles. The van der Waals surface area contributed by atoms with E-state index in [4.69, 9.17) is 0 Å². The van der Waals surface area contributed by atoms with Crippen LogP contribution in [0.3, 0.4) is 0 Å². The van der Waals surface area contributed by atoms with Gasteiger partial charge >= 0.3 is 0 Å². The van der Waals surface area contributed by atoms with Crippen LogP contribution in [0.4, 0.5) is 0 Å². The standard InChI is InChI=1S/C10H15N/c1-8(2)6-10-7-9(3)4-5-11-10/h4-5,7-8H,6H2,1-3H3. The summed E-state index contributed by atoms with van der Waals surface area (Å²) in [7, 11) is 0. The second kappa shape index (κ2) is 3.51. The summed E-state index contributed by atoms with van der Waals surface area (Å²) in [5.74, 6) is 0.698. The van der Waals surface area contributed by atoms with Crippen molar-refractivity contribution in [2.45, 2.75) is 27.2 Å². The highest BCUT2D eigenvalue weighted by Gasteiger charge is 1.97. The van der Waals surface area contributed by atoms with E-state index in [1.165, 1.54) is 11.3 Å². The summed E-state index contributed by atoms with van der Waals surface area (Å²) in [4.78, 5) is 4.28. The number of aryl methyl sites for hydroxylation is 1. The predicted octanol–water partition coefficient (Wildman–Crippen LogP) is 2.59. The van der Waals surface area contributed by atoms with Crippen LogP contribution in [0.5, 0.6) is 0 Å². The number of pyridine rings is 1. The molecule has 0 radical (unpaired) electrons. The fraction of sp³-hybridized carbons (Fsp3) is 0.500. The van der Waals surface area contributed by atoms with Gasteiger partial charge in [-0.3, -0.25) is 4.98 Å². The van der Waals surface area contributed by atoms with Gasteiger partial charge < -0.3 is 0 Å². The van der Waals surface area contributed by atoms with Crippen LogP contribution in [0.25, 0.3) is 0 Å². The van der Waals surface area contributed by atoms with Gasteiger partial charge in [-0.1, -0.05) is 13.8 Å². The largest absolute Gasteiger partial charge is 0.261 e. The molecule has 0 unspecified atom stereocenters. The zero-order valence-electron chi connectivity index (χ0n) is 7.46. The minimum atomic E-state index is 0.698. The molecule has 60 valence electrons. The molecule has 1 aromatic heterocycles. The lowest BCUT2D eigenvalue weighted by Crippen LogP contribution is -1.96. The van der Waals surface area contributed by atoms with E-state index in [0.717, 1.165) is 6.42 Å². The van der Waals surface area contributed by atoms with Gasteiger partial charge in [0.1, 0.15) is 0 Å². The van der Waals surface area contributed by atoms with E-state index in [0.29, 0.717) is 5.92 Å². The molecule has 0 fully saturated rings. The van der Waals surface area contributed by atoms with Crippen molar-refractivity contribution in [1.82, 2.24) is 4.98 Å². The minimum absolute atomic E-state index is 0.698. The molecule has 0 aromatic carbocycles. The van der Waals surface area contributed by atoms with Crippen LogP contribution in [0.2, 0.25) is 0 Å². The molecular weight excluding hydrogens is 134 g/mol. The van der Waals surface area contributed by atoms with Crippen molar-refractivity contribution >= 4 is 0 Å². The van der Waals surface area contributed by atoms with E-state index in [1.54, 1.807) is 0 Å². The lowest BCUT2D eigenvalue weighted by atomic mass is 10.1. The van der Waals surface area contributed by atoms with E-state index in [9.17, 15) is 0 Å². The topological polar surface area (TPSA) is 12.9 Å². The maximum absolute atomic E-state index is 4.28. The molecule has 1 aromatic rings. The number of hydrogen-bond acceptors (Lipinski definition) is 1. The third kappa shape index (κ3) is 2.71. The first-order valence-electron chi connectivity index (χ1n) is 4.10. The highest BCUT2D eigenvalue weighted by molar-refractivity contribution is 5.14. The van der Waals surface area contributed by atoms with Gasteiger partial charge in [0.2, 0.25) is 0 Å². The summed E-state index contributed by atoms with van der Waals surface area (Å²) in [6.07, 6.45) is 2.97. The fourth-order valence-corrected chi connectivity index (χ4v) is 1.13. The van der Waals surface area contributed by atoms with Crippen LogP contribution in [0.1, 0.15) is 25.1 Å². The number of aromatic nitrogens is 1. The molecule has 1 nitrogen and oxygen atoms in total. The average molecular weight is 149 g/mol. The second-order valence-electron chi connectivity index (χ2n) is 3.42. The molecule has 11 heavy (non-hydrogen) atoms. The third-order valence-corrected chi connectivity index (χ3v) is 1.59. The molecule has 0 spiro atoms. The first-order valence-corrected chi connectivity index (χ1v) is 4.10. The van der Waals surface area contributed by atoms with Crippen molar-refractivity contribution in [1.29, 1.82) is 0 Å². The van der Waals surface area contributed by atoms with E-state index in [1.807, 2.05) is 12.3 Å². The molecule has 0 atom stereocenters. The lowest BCUT2D eigenvalue weighted by molar-refractivity contribution is 0.635. The van der Waals surface area contributed by atoms with Crippen LogP contribution in [-0.4, -0.2) is 4.98 Å². The van der Waals surface area contributed by atoms with Gasteiger partial charge in [0.05, 0.1) is 0 Å². The Morgan fingerprint density at radius 3 is 2.73 bits per heavy atom. The Bertz CT molecular complexity index is 228. The molecule has 0 N–H and O–H groups in total. The van der Waals surface area contributed by atoms with Gasteiger partial charge in [-0.25, -0.2) is 0 Å². The summed E-state index contributed by atoms with van der Waals surface area (Å²) in [5.41, 5.74) is 2.51. The Kier molecular flexibility index (Phi) is 2.64. The molecule has 0 amide bonds. The van der Waals surface area contributed by atoms with E-state index < -0.39 is 0 Å². The molecule has 1 heteroatoms. The summed E-state index contributed by atoms with van der Waals surface area (Å²) >= 11 is 0. The molecule has 0 bridgehead atoms. The van der Waals surface area contributed by atoms with Crippen molar-refractivity contribution in [3.8, 4) is 0 Å². The quantitative estimate of drug-likeness (QED) is 0.629. The molecule has 0 saturated carbocycles. The monoisotopic (exact) mass is 149 g/mol. The Morgan fingerprint density at radius 2 is 2.18 bits per heavy atom. The summed E-state index contributed by atoms with van der Waals surface area (Å²) in [5, 5.41) is 0. The van der Waals surface area contributed by atoms with Gasteiger partial charge in [0.25, 0.3) is 0 Å². The molecular formula is C10H15N. The summed E-state index contributed by atoms with van der Waals surface area (Å²) in [6.45, 7) is 6.53. The Labute approximate surface area is 68.5 Å². The molecule has 0 aliphatic carbocycles. The highest BCUT2D eigenvalue weighted by Crippen LogP contribution is 2.06. The van der Waals surface area contributed by atoms with Gasteiger partial charge in [-0.15, -0.1) is 0 Å². The molecule has 0 aliphatic rings. The first-order chi connectivity index (χ1) is 5.18. The van der Waals surface area contributed by atoms with Gasteiger partial charge in [0, 0.05) is 11.9 Å². The summed E-state index contributed by atoms with van der Waals surface area (Å²) < 4.78 is 0. The molecule has 0 aliphatic heterocycles. The smallest absolute Gasteiger partial charge is 0.0408 e. The van der Waals surface area contributed by atoms with Crippen LogP contribution >= 0.6 is 0 Å². The fourth-order valence-electron chi connectivity index (χ4n) is 1.13. The van der Waals surface area contributed by atoms with Crippen molar-refractivity contribution in [3.63, 3.8) is 0 Å². The van der Waals surface area contributed by atoms with Crippen LogP contribution in [0, 0.1) is 12.8 Å². The van der Waals surface area contributed by atoms with E-state index in [2.05, 4.69) is 31.8 Å². The Morgan fingerprint density at radius 1 is 1.45 bits per heavy atom. The normalized spacial score (nSPS) is 10.5. The first kappa shape index (κ1) is 8.25. The zero-order valence-corrected chi connectivity index (χ0v) is 7.46. The van der Waals surface area contributed by atoms with Crippen LogP contribution in [-0.2, 0) is 6.42 Å². The third-order valence-electron chi connectivity index (χ3n) is 1.59. The van der Waals surface area contributed by atoms with E-state index in [-0.39, 0.29) is 0 Å². The maximum Gasteiger partial charge on any atom is 0.0408 e. The average Bonchev–Trinajstić information content (AvgIpc) is 1.85. The molecule has 1 rings (SSSR count). The Hall–Kier alpha value is -0.850. The van der Waals surface area contributed by atoms with Gasteiger partial charge in [-0.2, -0.15) is 0 Å². The van der Waals surface area contributed by atoms with Crippen LogP contribution < -0.4 is 0 Å². The summed E-state index contributed by atoms with van der Waals surface area (Å²) in [6, 6.07) is 4.18. The van der Waals surface area contributed by atoms with Crippen molar-refractivity contribution in [2.75, 3.05) is 0 Å².